The first-order valence-corrected chi connectivity index (χ1v) is 9.19. The van der Waals surface area contributed by atoms with Crippen LogP contribution >= 0.6 is 11.6 Å². The Hall–Kier alpha value is -3.24. The second-order valence-corrected chi connectivity index (χ2v) is 6.76. The van der Waals surface area contributed by atoms with Crippen LogP contribution in [0.1, 0.15) is 36.7 Å². The topological polar surface area (TPSA) is 97.6 Å². The van der Waals surface area contributed by atoms with Crippen molar-refractivity contribution in [3.63, 3.8) is 0 Å². The number of carbonyl (C=O) groups excluding carboxylic acids is 2. The highest BCUT2D eigenvalue weighted by atomic mass is 35.5. The fourth-order valence-electron chi connectivity index (χ4n) is 2.39. The molecule has 7 nitrogen and oxygen atoms in total. The van der Waals surface area contributed by atoms with Crippen molar-refractivity contribution in [1.82, 2.24) is 0 Å². The molecule has 1 amide bonds. The molecule has 0 saturated heterocycles. The van der Waals surface area contributed by atoms with Crippen molar-refractivity contribution in [2.24, 2.45) is 0 Å². The third-order valence-corrected chi connectivity index (χ3v) is 4.06. The minimum Gasteiger partial charge on any atom is -0.493 e. The van der Waals surface area contributed by atoms with Crippen molar-refractivity contribution < 1.29 is 23.8 Å². The zero-order chi connectivity index (χ0) is 21.6. The van der Waals surface area contributed by atoms with Gasteiger partial charge in [-0.25, -0.2) is 4.79 Å². The smallest absolute Gasteiger partial charge is 0.339 e. The van der Waals surface area contributed by atoms with Crippen LogP contribution < -0.4 is 14.8 Å². The van der Waals surface area contributed by atoms with Crippen LogP contribution in [0.5, 0.6) is 11.5 Å². The van der Waals surface area contributed by atoms with E-state index >= 15 is 0 Å². The van der Waals surface area contributed by atoms with Crippen LogP contribution in [0.2, 0.25) is 5.02 Å². The Morgan fingerprint density at radius 3 is 2.48 bits per heavy atom. The number of hydrogen-bond donors (Lipinski definition) is 1. The number of carbonyl (C=O) groups is 2. The molecule has 0 aliphatic carbocycles. The second-order valence-electron chi connectivity index (χ2n) is 6.35. The number of benzene rings is 2. The lowest BCUT2D eigenvalue weighted by Crippen LogP contribution is -2.30. The molecule has 0 radical (unpaired) electrons. The lowest BCUT2D eigenvalue weighted by molar-refractivity contribution is -0.123. The third kappa shape index (κ3) is 5.62. The van der Waals surface area contributed by atoms with Crippen molar-refractivity contribution in [1.29, 1.82) is 5.26 Å². The summed E-state index contributed by atoms with van der Waals surface area (Å²) in [5, 5.41) is 11.9. The number of para-hydroxylation sites is 1. The Morgan fingerprint density at radius 1 is 1.17 bits per heavy atom. The summed E-state index contributed by atoms with van der Waals surface area (Å²) in [7, 11) is 1.43. The number of hydrogen-bond acceptors (Lipinski definition) is 6. The minimum absolute atomic E-state index is 0.111. The Balaban J connectivity index is 2.14. The van der Waals surface area contributed by atoms with E-state index in [-0.39, 0.29) is 22.4 Å². The van der Waals surface area contributed by atoms with Gasteiger partial charge in [-0.2, -0.15) is 5.26 Å². The molecule has 2 rings (SSSR count). The van der Waals surface area contributed by atoms with Gasteiger partial charge in [0.15, 0.2) is 17.6 Å². The molecule has 0 spiro atoms. The van der Waals surface area contributed by atoms with E-state index in [1.165, 1.54) is 26.2 Å². The summed E-state index contributed by atoms with van der Waals surface area (Å²) in [4.78, 5) is 24.8. The molecule has 0 aliphatic heterocycles. The molecule has 1 N–H and O–H groups in total. The van der Waals surface area contributed by atoms with Crippen LogP contribution in [0.25, 0.3) is 0 Å². The summed E-state index contributed by atoms with van der Waals surface area (Å²) in [6.07, 6.45) is -1.25. The van der Waals surface area contributed by atoms with E-state index in [0.29, 0.717) is 17.0 Å². The molecule has 2 aromatic rings. The second kappa shape index (κ2) is 9.80. The molecule has 0 fully saturated rings. The fourth-order valence-corrected chi connectivity index (χ4v) is 2.65. The van der Waals surface area contributed by atoms with Gasteiger partial charge in [-0.1, -0.05) is 23.7 Å². The molecule has 8 heteroatoms. The molecule has 0 bridgehead atoms. The Morgan fingerprint density at radius 2 is 1.86 bits per heavy atom. The highest BCUT2D eigenvalue weighted by Gasteiger charge is 2.22. The maximum atomic E-state index is 12.5. The lowest BCUT2D eigenvalue weighted by atomic mass is 10.2. The Bertz CT molecular complexity index is 953. The quantitative estimate of drug-likeness (QED) is 0.679. The average molecular weight is 417 g/mol. The van der Waals surface area contributed by atoms with Gasteiger partial charge >= 0.3 is 5.97 Å². The summed E-state index contributed by atoms with van der Waals surface area (Å²) < 4.78 is 16.1. The average Bonchev–Trinajstić information content (AvgIpc) is 2.69. The number of amides is 1. The highest BCUT2D eigenvalue weighted by Crippen LogP contribution is 2.37. The maximum Gasteiger partial charge on any atom is 0.339 e. The predicted molar refractivity (Wildman–Crippen MR) is 108 cm³/mol. The van der Waals surface area contributed by atoms with Crippen molar-refractivity contribution in [3.05, 3.63) is 52.5 Å². The van der Waals surface area contributed by atoms with Crippen molar-refractivity contribution >= 4 is 29.2 Å². The van der Waals surface area contributed by atoms with Crippen LogP contribution in [0, 0.1) is 11.3 Å². The monoisotopic (exact) mass is 416 g/mol. The molecule has 0 aliphatic rings. The number of nitriles is 1. The summed E-state index contributed by atoms with van der Waals surface area (Å²) >= 11 is 6.22. The van der Waals surface area contributed by atoms with E-state index in [0.717, 1.165) is 0 Å². The minimum atomic E-state index is -1.11. The van der Waals surface area contributed by atoms with E-state index in [4.69, 9.17) is 31.1 Å². The van der Waals surface area contributed by atoms with Gasteiger partial charge in [0.05, 0.1) is 35.1 Å². The van der Waals surface area contributed by atoms with Crippen molar-refractivity contribution in [2.75, 3.05) is 12.4 Å². The van der Waals surface area contributed by atoms with Gasteiger partial charge < -0.3 is 19.5 Å². The Kier molecular flexibility index (Phi) is 7.46. The Labute approximate surface area is 174 Å². The first-order valence-electron chi connectivity index (χ1n) is 8.82. The van der Waals surface area contributed by atoms with Crippen LogP contribution in [0.15, 0.2) is 36.4 Å². The van der Waals surface area contributed by atoms with Gasteiger partial charge in [0.25, 0.3) is 5.91 Å². The molecule has 2 aromatic carbocycles. The maximum absolute atomic E-state index is 12.5. The van der Waals surface area contributed by atoms with E-state index in [9.17, 15) is 9.59 Å². The molecule has 0 saturated carbocycles. The summed E-state index contributed by atoms with van der Waals surface area (Å²) in [6, 6.07) is 11.3. The number of rotatable bonds is 7. The molecular weight excluding hydrogens is 396 g/mol. The van der Waals surface area contributed by atoms with Gasteiger partial charge in [-0.05, 0) is 45.0 Å². The van der Waals surface area contributed by atoms with Gasteiger partial charge in [-0.15, -0.1) is 0 Å². The summed E-state index contributed by atoms with van der Waals surface area (Å²) in [5.41, 5.74) is 0.750. The highest BCUT2D eigenvalue weighted by molar-refractivity contribution is 6.32. The molecule has 152 valence electrons. The van der Waals surface area contributed by atoms with E-state index in [1.54, 1.807) is 24.3 Å². The van der Waals surface area contributed by atoms with E-state index in [2.05, 4.69) is 5.32 Å². The summed E-state index contributed by atoms with van der Waals surface area (Å²) in [6.45, 7) is 5.10. The van der Waals surface area contributed by atoms with E-state index < -0.39 is 18.0 Å². The number of esters is 1. The molecular formula is C21H21ClN2O5. The molecule has 0 unspecified atom stereocenters. The van der Waals surface area contributed by atoms with Gasteiger partial charge in [-0.3, -0.25) is 4.79 Å². The number of anilines is 1. The largest absolute Gasteiger partial charge is 0.493 e. The number of nitrogens with zero attached hydrogens (tertiary/aromatic N) is 1. The molecule has 1 atom stereocenters. The van der Waals surface area contributed by atoms with Crippen LogP contribution in [0.4, 0.5) is 5.69 Å². The SMILES string of the molecule is COc1cc(C(=O)O[C@H](C)C(=O)Nc2ccccc2C#N)cc(Cl)c1OC(C)C. The summed E-state index contributed by atoms with van der Waals surface area (Å²) in [5.74, 6) is -0.728. The van der Waals surface area contributed by atoms with Gasteiger partial charge in [0, 0.05) is 0 Å². The first-order chi connectivity index (χ1) is 13.8. The fraction of sp³-hybridized carbons (Fsp3) is 0.286. The van der Waals surface area contributed by atoms with Crippen LogP contribution in [0.3, 0.4) is 0 Å². The van der Waals surface area contributed by atoms with Gasteiger partial charge in [0.1, 0.15) is 6.07 Å². The third-order valence-electron chi connectivity index (χ3n) is 3.78. The van der Waals surface area contributed by atoms with Crippen molar-refractivity contribution in [3.8, 4) is 17.6 Å². The number of nitrogens with one attached hydrogen (secondary N) is 1. The number of halogens is 1. The lowest BCUT2D eigenvalue weighted by Gasteiger charge is -2.17. The normalized spacial score (nSPS) is 11.3. The van der Waals surface area contributed by atoms with Crippen molar-refractivity contribution in [2.45, 2.75) is 33.0 Å². The number of methoxy groups -OCH3 is 1. The standard InChI is InChI=1S/C21H21ClN2O5/c1-12(2)28-19-16(22)9-15(10-18(19)27-4)21(26)29-13(3)20(25)24-17-8-6-5-7-14(17)11-23/h5-10,12-13H,1-4H3,(H,24,25)/t13-/m1/s1. The number of ether oxygens (including phenoxy) is 3. The van der Waals surface area contributed by atoms with Gasteiger partial charge in [0.2, 0.25) is 0 Å². The molecule has 0 aromatic heterocycles. The first kappa shape index (κ1) is 22.1. The zero-order valence-corrected chi connectivity index (χ0v) is 17.2. The molecule has 29 heavy (non-hydrogen) atoms. The van der Waals surface area contributed by atoms with E-state index in [1.807, 2.05) is 19.9 Å². The molecule has 0 heterocycles. The van der Waals surface area contributed by atoms with Crippen LogP contribution in [-0.4, -0.2) is 31.2 Å². The van der Waals surface area contributed by atoms with Crippen LogP contribution in [-0.2, 0) is 9.53 Å². The predicted octanol–water partition coefficient (Wildman–Crippen LogP) is 4.19. The zero-order valence-electron chi connectivity index (χ0n) is 16.5.